The molecule has 3 rings (SSSR count). The summed E-state index contributed by atoms with van der Waals surface area (Å²) in [6.07, 6.45) is 5.30. The Kier molecular flexibility index (Phi) is 3.67. The lowest BCUT2D eigenvalue weighted by molar-refractivity contribution is -0.0217. The monoisotopic (exact) mass is 245 g/mol. The normalized spacial score (nSPS) is 24.2. The molecule has 2 heterocycles. The fourth-order valence-electron chi connectivity index (χ4n) is 3.33. The number of nitrogens with zero attached hydrogens (tertiary/aromatic N) is 1. The first-order chi connectivity index (χ1) is 8.86. The topological polar surface area (TPSA) is 12.5 Å². The summed E-state index contributed by atoms with van der Waals surface area (Å²) in [5, 5.41) is 0. The number of hydrogen-bond acceptors (Lipinski definition) is 2. The van der Waals surface area contributed by atoms with Crippen molar-refractivity contribution in [2.45, 2.75) is 32.2 Å². The van der Waals surface area contributed by atoms with E-state index in [1.165, 1.54) is 44.3 Å². The van der Waals surface area contributed by atoms with Gasteiger partial charge in [0.2, 0.25) is 0 Å². The average Bonchev–Trinajstić information content (AvgIpc) is 2.44. The molecule has 0 aliphatic carbocycles. The minimum atomic E-state index is 0.617. The van der Waals surface area contributed by atoms with Crippen LogP contribution in [0.15, 0.2) is 30.3 Å². The standard InChI is InChI=1S/C16H23NO/c1-2-4-15(5-3-1)14-17-10-6-16(7-11-17)8-12-18-13-9-16/h1-5H,6-14H2. The fraction of sp³-hybridized carbons (Fsp3) is 0.625. The number of piperidine rings is 1. The molecule has 18 heavy (non-hydrogen) atoms. The van der Waals surface area contributed by atoms with Crippen LogP contribution in [0.3, 0.4) is 0 Å². The summed E-state index contributed by atoms with van der Waals surface area (Å²) in [5.41, 5.74) is 2.06. The van der Waals surface area contributed by atoms with Gasteiger partial charge in [-0.1, -0.05) is 30.3 Å². The fourth-order valence-corrected chi connectivity index (χ4v) is 3.33. The zero-order valence-electron chi connectivity index (χ0n) is 11.1. The third-order valence-corrected chi connectivity index (χ3v) is 4.72. The SMILES string of the molecule is c1ccc(CN2CCC3(CCOCC3)CC2)cc1. The van der Waals surface area contributed by atoms with Crippen LogP contribution in [0, 0.1) is 5.41 Å². The number of hydrogen-bond donors (Lipinski definition) is 0. The number of ether oxygens (including phenoxy) is 1. The first-order valence-electron chi connectivity index (χ1n) is 7.20. The van der Waals surface area contributed by atoms with E-state index in [1.54, 1.807) is 0 Å². The molecule has 0 saturated carbocycles. The van der Waals surface area contributed by atoms with E-state index in [0.717, 1.165) is 19.8 Å². The maximum atomic E-state index is 5.51. The van der Waals surface area contributed by atoms with E-state index < -0.39 is 0 Å². The molecular formula is C16H23NO. The van der Waals surface area contributed by atoms with Crippen LogP contribution in [0.4, 0.5) is 0 Å². The number of benzene rings is 1. The Bertz CT molecular complexity index is 360. The van der Waals surface area contributed by atoms with Crippen LogP contribution in [-0.2, 0) is 11.3 Å². The number of rotatable bonds is 2. The van der Waals surface area contributed by atoms with E-state index in [9.17, 15) is 0 Å². The second kappa shape index (κ2) is 5.41. The third-order valence-electron chi connectivity index (χ3n) is 4.72. The maximum Gasteiger partial charge on any atom is 0.0471 e. The predicted molar refractivity (Wildman–Crippen MR) is 73.4 cm³/mol. The minimum absolute atomic E-state index is 0.617. The lowest BCUT2D eigenvalue weighted by Crippen LogP contribution is -2.42. The molecule has 98 valence electrons. The van der Waals surface area contributed by atoms with Crippen molar-refractivity contribution in [1.82, 2.24) is 4.90 Å². The lowest BCUT2D eigenvalue weighted by Gasteiger charge is -2.44. The van der Waals surface area contributed by atoms with Crippen LogP contribution in [0.25, 0.3) is 0 Å². The minimum Gasteiger partial charge on any atom is -0.381 e. The van der Waals surface area contributed by atoms with Gasteiger partial charge in [0, 0.05) is 19.8 Å². The van der Waals surface area contributed by atoms with E-state index in [-0.39, 0.29) is 0 Å². The van der Waals surface area contributed by atoms with Crippen molar-refractivity contribution >= 4 is 0 Å². The van der Waals surface area contributed by atoms with Crippen molar-refractivity contribution in [3.05, 3.63) is 35.9 Å². The van der Waals surface area contributed by atoms with Crippen molar-refractivity contribution in [2.75, 3.05) is 26.3 Å². The van der Waals surface area contributed by atoms with Crippen LogP contribution in [0.2, 0.25) is 0 Å². The molecule has 0 N–H and O–H groups in total. The molecule has 2 heteroatoms. The highest BCUT2D eigenvalue weighted by Crippen LogP contribution is 2.40. The largest absolute Gasteiger partial charge is 0.381 e. The summed E-state index contributed by atoms with van der Waals surface area (Å²) in [6.45, 7) is 5.61. The second-order valence-corrected chi connectivity index (χ2v) is 5.87. The van der Waals surface area contributed by atoms with Gasteiger partial charge in [0.15, 0.2) is 0 Å². The highest BCUT2D eigenvalue weighted by Gasteiger charge is 2.35. The zero-order valence-corrected chi connectivity index (χ0v) is 11.1. The Balaban J connectivity index is 1.54. The molecular weight excluding hydrogens is 222 g/mol. The van der Waals surface area contributed by atoms with Crippen LogP contribution < -0.4 is 0 Å². The van der Waals surface area contributed by atoms with Gasteiger partial charge in [-0.3, -0.25) is 4.90 Å². The van der Waals surface area contributed by atoms with E-state index >= 15 is 0 Å². The summed E-state index contributed by atoms with van der Waals surface area (Å²) < 4.78 is 5.51. The van der Waals surface area contributed by atoms with Gasteiger partial charge in [-0.05, 0) is 49.8 Å². The van der Waals surface area contributed by atoms with Gasteiger partial charge in [0.25, 0.3) is 0 Å². The summed E-state index contributed by atoms with van der Waals surface area (Å²) in [5.74, 6) is 0. The molecule has 2 aliphatic rings. The summed E-state index contributed by atoms with van der Waals surface area (Å²) in [6, 6.07) is 10.8. The van der Waals surface area contributed by atoms with Crippen molar-refractivity contribution in [3.63, 3.8) is 0 Å². The van der Waals surface area contributed by atoms with Crippen LogP contribution >= 0.6 is 0 Å². The first-order valence-corrected chi connectivity index (χ1v) is 7.20. The molecule has 2 saturated heterocycles. The molecule has 2 aliphatic heterocycles. The molecule has 1 aromatic rings. The first kappa shape index (κ1) is 12.2. The Morgan fingerprint density at radius 3 is 2.28 bits per heavy atom. The molecule has 2 nitrogen and oxygen atoms in total. The maximum absolute atomic E-state index is 5.51. The van der Waals surface area contributed by atoms with Crippen molar-refractivity contribution in [3.8, 4) is 0 Å². The predicted octanol–water partition coefficient (Wildman–Crippen LogP) is 3.08. The van der Waals surface area contributed by atoms with Crippen LogP contribution in [0.1, 0.15) is 31.2 Å². The molecule has 0 atom stereocenters. The third kappa shape index (κ3) is 2.76. The molecule has 0 aromatic heterocycles. The molecule has 0 bridgehead atoms. The van der Waals surface area contributed by atoms with Crippen molar-refractivity contribution in [2.24, 2.45) is 5.41 Å². The van der Waals surface area contributed by atoms with Gasteiger partial charge < -0.3 is 4.74 Å². The molecule has 1 spiro atoms. The molecule has 0 amide bonds. The van der Waals surface area contributed by atoms with Gasteiger partial charge in [-0.2, -0.15) is 0 Å². The molecule has 1 aromatic carbocycles. The van der Waals surface area contributed by atoms with Gasteiger partial charge >= 0.3 is 0 Å². The van der Waals surface area contributed by atoms with Gasteiger partial charge in [0.1, 0.15) is 0 Å². The second-order valence-electron chi connectivity index (χ2n) is 5.87. The van der Waals surface area contributed by atoms with E-state index in [1.807, 2.05) is 0 Å². The molecule has 2 fully saturated rings. The summed E-state index contributed by atoms with van der Waals surface area (Å²) in [7, 11) is 0. The van der Waals surface area contributed by atoms with E-state index in [0.29, 0.717) is 5.41 Å². The van der Waals surface area contributed by atoms with Crippen molar-refractivity contribution < 1.29 is 4.74 Å². The zero-order chi connectivity index (χ0) is 12.3. The number of likely N-dealkylation sites (tertiary alicyclic amines) is 1. The summed E-state index contributed by atoms with van der Waals surface area (Å²) in [4.78, 5) is 2.61. The Hall–Kier alpha value is -0.860. The quantitative estimate of drug-likeness (QED) is 0.794. The average molecular weight is 245 g/mol. The van der Waals surface area contributed by atoms with Gasteiger partial charge in [-0.15, -0.1) is 0 Å². The van der Waals surface area contributed by atoms with Gasteiger partial charge in [0.05, 0.1) is 0 Å². The Morgan fingerprint density at radius 2 is 1.61 bits per heavy atom. The van der Waals surface area contributed by atoms with E-state index in [4.69, 9.17) is 4.74 Å². The highest BCUT2D eigenvalue weighted by molar-refractivity contribution is 5.14. The summed E-state index contributed by atoms with van der Waals surface area (Å²) >= 11 is 0. The smallest absolute Gasteiger partial charge is 0.0471 e. The van der Waals surface area contributed by atoms with E-state index in [2.05, 4.69) is 35.2 Å². The van der Waals surface area contributed by atoms with Crippen LogP contribution in [-0.4, -0.2) is 31.2 Å². The van der Waals surface area contributed by atoms with Crippen LogP contribution in [0.5, 0.6) is 0 Å². The van der Waals surface area contributed by atoms with Gasteiger partial charge in [-0.25, -0.2) is 0 Å². The van der Waals surface area contributed by atoms with Crippen molar-refractivity contribution in [1.29, 1.82) is 0 Å². The Labute approximate surface area is 110 Å². The lowest BCUT2D eigenvalue weighted by atomic mass is 9.72. The molecule has 0 radical (unpaired) electrons. The molecule has 0 unspecified atom stereocenters. The highest BCUT2D eigenvalue weighted by atomic mass is 16.5. The Morgan fingerprint density at radius 1 is 0.944 bits per heavy atom.